The van der Waals surface area contributed by atoms with Crippen LogP contribution in [0, 0.1) is 22.7 Å². The first kappa shape index (κ1) is 6.79. The summed E-state index contributed by atoms with van der Waals surface area (Å²) in [5.41, 5.74) is 1.10. The van der Waals surface area contributed by atoms with Gasteiger partial charge >= 0.3 is 0 Å². The normalized spacial score (nSPS) is 48.9. The van der Waals surface area contributed by atoms with Gasteiger partial charge in [-0.25, -0.2) is 0 Å². The molecule has 0 aromatic rings. The van der Waals surface area contributed by atoms with Gasteiger partial charge in [-0.2, -0.15) is 0 Å². The lowest BCUT2D eigenvalue weighted by atomic mass is 10.0. The van der Waals surface area contributed by atoms with Crippen LogP contribution >= 0.6 is 0 Å². The Kier molecular flexibility index (Phi) is 1.20. The molecule has 1 rings (SSSR count). The van der Waals surface area contributed by atoms with Crippen LogP contribution in [-0.4, -0.2) is 5.71 Å². The third kappa shape index (κ3) is 0.637. The van der Waals surface area contributed by atoms with E-state index in [0.717, 1.165) is 17.5 Å². The summed E-state index contributed by atoms with van der Waals surface area (Å²) in [6.07, 6.45) is 0. The van der Waals surface area contributed by atoms with Gasteiger partial charge in [-0.3, -0.25) is 0 Å². The molecule has 0 spiro atoms. The molecule has 0 bridgehead atoms. The molecule has 9 heavy (non-hydrogen) atoms. The highest BCUT2D eigenvalue weighted by Gasteiger charge is 2.56. The van der Waals surface area contributed by atoms with Crippen molar-refractivity contribution in [3.8, 4) is 0 Å². The average molecular weight is 125 g/mol. The Morgan fingerprint density at radius 1 is 1.33 bits per heavy atom. The van der Waals surface area contributed by atoms with Gasteiger partial charge in [0.15, 0.2) is 0 Å². The largest absolute Gasteiger partial charge is 0.309 e. The smallest absolute Gasteiger partial charge is 0.0123 e. The van der Waals surface area contributed by atoms with Crippen LogP contribution < -0.4 is 0 Å². The molecule has 0 heterocycles. The summed E-state index contributed by atoms with van der Waals surface area (Å²) in [6.45, 7) is 8.55. The Bertz CT molecular complexity index is 141. The minimum atomic E-state index is 0.250. The van der Waals surface area contributed by atoms with E-state index in [2.05, 4.69) is 20.8 Å². The monoisotopic (exact) mass is 125 g/mol. The van der Waals surface area contributed by atoms with Crippen LogP contribution in [0.5, 0.6) is 0 Å². The minimum Gasteiger partial charge on any atom is -0.309 e. The summed E-state index contributed by atoms with van der Waals surface area (Å²) >= 11 is 0. The molecule has 2 unspecified atom stereocenters. The molecule has 1 heteroatoms. The second-order valence-electron chi connectivity index (χ2n) is 3.49. The molecule has 1 aliphatic carbocycles. The zero-order valence-corrected chi connectivity index (χ0v) is 6.65. The van der Waals surface area contributed by atoms with E-state index in [1.165, 1.54) is 0 Å². The Morgan fingerprint density at radius 2 is 1.67 bits per heavy atom. The van der Waals surface area contributed by atoms with Gasteiger partial charge in [0.05, 0.1) is 0 Å². The molecule has 52 valence electrons. The van der Waals surface area contributed by atoms with Crippen molar-refractivity contribution in [1.29, 1.82) is 5.41 Å². The summed E-state index contributed by atoms with van der Waals surface area (Å²) in [6, 6.07) is 0. The van der Waals surface area contributed by atoms with Crippen LogP contribution in [0.3, 0.4) is 0 Å². The molecule has 1 nitrogen and oxygen atoms in total. The summed E-state index contributed by atoms with van der Waals surface area (Å²) in [5, 5.41) is 7.47. The van der Waals surface area contributed by atoms with Crippen LogP contribution in [0.25, 0.3) is 0 Å². The van der Waals surface area contributed by atoms with Crippen LogP contribution in [0.2, 0.25) is 0 Å². The zero-order chi connectivity index (χ0) is 7.23. The molecule has 1 N–H and O–H groups in total. The summed E-state index contributed by atoms with van der Waals surface area (Å²) in [5.74, 6) is 1.46. The molecule has 1 saturated carbocycles. The van der Waals surface area contributed by atoms with E-state index in [0.29, 0.717) is 0 Å². The summed E-state index contributed by atoms with van der Waals surface area (Å²) in [7, 11) is 0. The molecule has 0 amide bonds. The van der Waals surface area contributed by atoms with Crippen molar-refractivity contribution >= 4 is 5.71 Å². The van der Waals surface area contributed by atoms with Crippen molar-refractivity contribution in [2.24, 2.45) is 17.3 Å². The van der Waals surface area contributed by atoms with Crippen molar-refractivity contribution in [1.82, 2.24) is 0 Å². The van der Waals surface area contributed by atoms with Gasteiger partial charge in [0.1, 0.15) is 0 Å². The topological polar surface area (TPSA) is 23.9 Å². The highest BCUT2D eigenvalue weighted by atomic mass is 14.7. The Morgan fingerprint density at radius 3 is 1.67 bits per heavy atom. The molecule has 0 radical (unpaired) electrons. The standard InChI is InChI=1S/C8H15N/c1-5-6(2)8(5,4)7(3)9/h5-6,9H,1-4H3. The van der Waals surface area contributed by atoms with Crippen LogP contribution in [0.1, 0.15) is 27.7 Å². The van der Waals surface area contributed by atoms with E-state index >= 15 is 0 Å². The quantitative estimate of drug-likeness (QED) is 0.520. The van der Waals surface area contributed by atoms with Gasteiger partial charge < -0.3 is 5.41 Å². The summed E-state index contributed by atoms with van der Waals surface area (Å²) in [4.78, 5) is 0. The third-order valence-electron chi connectivity index (χ3n) is 3.34. The molecule has 0 aliphatic heterocycles. The first-order valence-electron chi connectivity index (χ1n) is 3.57. The van der Waals surface area contributed by atoms with Crippen molar-refractivity contribution in [3.05, 3.63) is 0 Å². The van der Waals surface area contributed by atoms with Crippen LogP contribution in [-0.2, 0) is 0 Å². The number of rotatable bonds is 1. The van der Waals surface area contributed by atoms with Gasteiger partial charge in [-0.1, -0.05) is 20.8 Å². The molecular formula is C8H15N. The second kappa shape index (κ2) is 1.59. The van der Waals surface area contributed by atoms with E-state index in [-0.39, 0.29) is 5.41 Å². The van der Waals surface area contributed by atoms with Crippen LogP contribution in [0.15, 0.2) is 0 Å². The highest BCUT2D eigenvalue weighted by molar-refractivity contribution is 5.88. The average Bonchev–Trinajstić information content (AvgIpc) is 2.22. The van der Waals surface area contributed by atoms with E-state index in [1.807, 2.05) is 6.92 Å². The van der Waals surface area contributed by atoms with E-state index in [1.54, 1.807) is 0 Å². The summed E-state index contributed by atoms with van der Waals surface area (Å²) < 4.78 is 0. The fourth-order valence-electron chi connectivity index (χ4n) is 1.67. The van der Waals surface area contributed by atoms with E-state index in [4.69, 9.17) is 5.41 Å². The zero-order valence-electron chi connectivity index (χ0n) is 6.65. The van der Waals surface area contributed by atoms with Crippen molar-refractivity contribution < 1.29 is 0 Å². The highest BCUT2D eigenvalue weighted by Crippen LogP contribution is 2.58. The molecule has 0 aromatic heterocycles. The lowest BCUT2D eigenvalue weighted by Gasteiger charge is -2.06. The fourth-order valence-corrected chi connectivity index (χ4v) is 1.67. The Hall–Kier alpha value is -0.330. The molecular weight excluding hydrogens is 110 g/mol. The number of hydrogen-bond donors (Lipinski definition) is 1. The van der Waals surface area contributed by atoms with Gasteiger partial charge in [0, 0.05) is 11.1 Å². The Labute approximate surface area is 57.0 Å². The van der Waals surface area contributed by atoms with E-state index < -0.39 is 0 Å². The fraction of sp³-hybridized carbons (Fsp3) is 0.875. The lowest BCUT2D eigenvalue weighted by Crippen LogP contribution is -2.09. The molecule has 1 aliphatic rings. The van der Waals surface area contributed by atoms with Gasteiger partial charge in [0.25, 0.3) is 0 Å². The van der Waals surface area contributed by atoms with Gasteiger partial charge in [-0.15, -0.1) is 0 Å². The minimum absolute atomic E-state index is 0.250. The first-order chi connectivity index (χ1) is 4.01. The molecule has 0 saturated heterocycles. The Balaban J connectivity index is 2.71. The molecule has 0 aromatic carbocycles. The van der Waals surface area contributed by atoms with Gasteiger partial charge in [-0.05, 0) is 18.8 Å². The lowest BCUT2D eigenvalue weighted by molar-refractivity contribution is 0.679. The maximum Gasteiger partial charge on any atom is 0.0123 e. The third-order valence-corrected chi connectivity index (χ3v) is 3.34. The predicted molar refractivity (Wildman–Crippen MR) is 39.8 cm³/mol. The maximum absolute atomic E-state index is 7.47. The van der Waals surface area contributed by atoms with Crippen molar-refractivity contribution in [2.75, 3.05) is 0 Å². The van der Waals surface area contributed by atoms with Crippen molar-refractivity contribution in [3.63, 3.8) is 0 Å². The number of hydrogen-bond acceptors (Lipinski definition) is 1. The maximum atomic E-state index is 7.47. The molecule has 2 atom stereocenters. The van der Waals surface area contributed by atoms with E-state index in [9.17, 15) is 0 Å². The molecule has 1 fully saturated rings. The second-order valence-corrected chi connectivity index (χ2v) is 3.49. The van der Waals surface area contributed by atoms with Crippen LogP contribution in [0.4, 0.5) is 0 Å². The number of nitrogens with one attached hydrogen (secondary N) is 1. The SMILES string of the molecule is CC(=N)C1(C)C(C)C1C. The van der Waals surface area contributed by atoms with Crippen molar-refractivity contribution in [2.45, 2.75) is 27.7 Å². The van der Waals surface area contributed by atoms with Gasteiger partial charge in [0.2, 0.25) is 0 Å². The first-order valence-corrected chi connectivity index (χ1v) is 3.57. The predicted octanol–water partition coefficient (Wildman–Crippen LogP) is 2.32.